The van der Waals surface area contributed by atoms with Gasteiger partial charge in [0.05, 0.1) is 38.6 Å². The van der Waals surface area contributed by atoms with Crippen molar-refractivity contribution in [3.8, 4) is 11.5 Å². The Morgan fingerprint density at radius 3 is 2.75 bits per heavy atom. The third-order valence-corrected chi connectivity index (χ3v) is 5.24. The highest BCUT2D eigenvalue weighted by Crippen LogP contribution is 2.29. The van der Waals surface area contributed by atoms with E-state index in [0.717, 1.165) is 18.7 Å². The molecule has 28 heavy (non-hydrogen) atoms. The molecule has 4 rings (SSSR count). The molecule has 0 saturated carbocycles. The average molecular weight is 385 g/mol. The van der Waals surface area contributed by atoms with Crippen molar-refractivity contribution in [1.29, 1.82) is 0 Å². The van der Waals surface area contributed by atoms with E-state index in [9.17, 15) is 9.59 Å². The molecular weight excluding hydrogens is 362 g/mol. The van der Waals surface area contributed by atoms with Gasteiger partial charge in [-0.3, -0.25) is 9.59 Å². The molecule has 2 amide bonds. The van der Waals surface area contributed by atoms with Crippen molar-refractivity contribution in [2.24, 2.45) is 0 Å². The van der Waals surface area contributed by atoms with Crippen LogP contribution < -0.4 is 9.47 Å². The highest BCUT2D eigenvalue weighted by molar-refractivity contribution is 5.97. The van der Waals surface area contributed by atoms with Crippen molar-refractivity contribution in [3.63, 3.8) is 0 Å². The zero-order valence-electron chi connectivity index (χ0n) is 16.0. The number of nitrogens with zero attached hydrogens (tertiary/aromatic N) is 5. The number of aromatic nitrogens is 3. The number of benzene rings is 1. The monoisotopic (exact) mass is 385 g/mol. The van der Waals surface area contributed by atoms with Crippen LogP contribution in [0.1, 0.15) is 34.9 Å². The van der Waals surface area contributed by atoms with Crippen molar-refractivity contribution in [2.75, 3.05) is 33.9 Å². The van der Waals surface area contributed by atoms with Gasteiger partial charge in [-0.05, 0) is 18.6 Å². The molecule has 1 aromatic heterocycles. The number of hydrogen-bond acceptors (Lipinski definition) is 6. The van der Waals surface area contributed by atoms with Crippen LogP contribution in [0.25, 0.3) is 0 Å². The van der Waals surface area contributed by atoms with E-state index in [2.05, 4.69) is 10.3 Å². The fourth-order valence-electron chi connectivity index (χ4n) is 3.57. The molecule has 0 unspecified atom stereocenters. The van der Waals surface area contributed by atoms with Gasteiger partial charge in [0.1, 0.15) is 17.2 Å². The Morgan fingerprint density at radius 2 is 2.07 bits per heavy atom. The minimum atomic E-state index is -0.0845. The van der Waals surface area contributed by atoms with Crippen LogP contribution in [0, 0.1) is 0 Å². The first-order valence-corrected chi connectivity index (χ1v) is 9.29. The van der Waals surface area contributed by atoms with E-state index in [1.807, 2.05) is 6.20 Å². The second kappa shape index (κ2) is 7.49. The topological polar surface area (TPSA) is 89.8 Å². The third kappa shape index (κ3) is 3.39. The summed E-state index contributed by atoms with van der Waals surface area (Å²) in [4.78, 5) is 28.1. The number of amides is 2. The van der Waals surface area contributed by atoms with Crippen LogP contribution in [0.15, 0.2) is 24.4 Å². The predicted molar refractivity (Wildman–Crippen MR) is 99.2 cm³/mol. The number of carbonyl (C=O) groups is 2. The maximum absolute atomic E-state index is 12.8. The Bertz CT molecular complexity index is 890. The summed E-state index contributed by atoms with van der Waals surface area (Å²) in [6.07, 6.45) is 3.39. The van der Waals surface area contributed by atoms with Crippen LogP contribution in [0.4, 0.5) is 0 Å². The summed E-state index contributed by atoms with van der Waals surface area (Å²) in [6.45, 7) is 2.39. The van der Waals surface area contributed by atoms with Gasteiger partial charge >= 0.3 is 0 Å². The summed E-state index contributed by atoms with van der Waals surface area (Å²) >= 11 is 0. The highest BCUT2D eigenvalue weighted by Gasteiger charge is 2.34. The molecule has 0 atom stereocenters. The van der Waals surface area contributed by atoms with E-state index in [1.54, 1.807) is 39.8 Å². The van der Waals surface area contributed by atoms with Crippen LogP contribution in [0.3, 0.4) is 0 Å². The zero-order valence-corrected chi connectivity index (χ0v) is 16.0. The minimum Gasteiger partial charge on any atom is -0.497 e. The lowest BCUT2D eigenvalue weighted by molar-refractivity contribution is -0.128. The van der Waals surface area contributed by atoms with Gasteiger partial charge in [0.15, 0.2) is 0 Å². The average Bonchev–Trinajstić information content (AvgIpc) is 3.29. The first-order chi connectivity index (χ1) is 13.6. The lowest BCUT2D eigenvalue weighted by atomic mass is 10.1. The van der Waals surface area contributed by atoms with Crippen molar-refractivity contribution in [3.05, 3.63) is 35.7 Å². The van der Waals surface area contributed by atoms with Crippen molar-refractivity contribution in [2.45, 2.75) is 25.4 Å². The Labute approximate surface area is 162 Å². The van der Waals surface area contributed by atoms with E-state index in [1.165, 1.54) is 7.11 Å². The standard InChI is InChI=1S/C19H23N5O4/c1-27-15-5-6-16(17(8-15)28-2)19(26)23-11-14(12-23)24-10-13(20-21-24)9-22-7-3-4-18(22)25/h5-6,8,10,14H,3-4,7,9,11-12H2,1-2H3. The summed E-state index contributed by atoms with van der Waals surface area (Å²) in [5.41, 5.74) is 1.28. The fourth-order valence-corrected chi connectivity index (χ4v) is 3.57. The molecule has 9 heteroatoms. The highest BCUT2D eigenvalue weighted by atomic mass is 16.5. The molecule has 3 heterocycles. The van der Waals surface area contributed by atoms with Gasteiger partial charge in [-0.15, -0.1) is 5.10 Å². The lowest BCUT2D eigenvalue weighted by Crippen LogP contribution is -2.51. The maximum atomic E-state index is 12.8. The largest absolute Gasteiger partial charge is 0.497 e. The van der Waals surface area contributed by atoms with Crippen LogP contribution in [-0.2, 0) is 11.3 Å². The lowest BCUT2D eigenvalue weighted by Gasteiger charge is -2.39. The Kier molecular flexibility index (Phi) is 4.89. The van der Waals surface area contributed by atoms with Gasteiger partial charge in [-0.2, -0.15) is 0 Å². The first-order valence-electron chi connectivity index (χ1n) is 9.29. The molecule has 2 saturated heterocycles. The van der Waals surface area contributed by atoms with E-state index in [0.29, 0.717) is 43.1 Å². The smallest absolute Gasteiger partial charge is 0.257 e. The van der Waals surface area contributed by atoms with Gasteiger partial charge in [-0.25, -0.2) is 4.68 Å². The van der Waals surface area contributed by atoms with Gasteiger partial charge in [0, 0.05) is 32.1 Å². The predicted octanol–water partition coefficient (Wildman–Crippen LogP) is 1.11. The molecule has 9 nitrogen and oxygen atoms in total. The zero-order chi connectivity index (χ0) is 19.7. The second-order valence-corrected chi connectivity index (χ2v) is 7.04. The first kappa shape index (κ1) is 18.3. The quantitative estimate of drug-likeness (QED) is 0.740. The van der Waals surface area contributed by atoms with Gasteiger partial charge < -0.3 is 19.3 Å². The van der Waals surface area contributed by atoms with Crippen LogP contribution in [0.2, 0.25) is 0 Å². The van der Waals surface area contributed by atoms with Gasteiger partial charge in [0.25, 0.3) is 5.91 Å². The van der Waals surface area contributed by atoms with Crippen molar-refractivity contribution < 1.29 is 19.1 Å². The molecular formula is C19H23N5O4. The minimum absolute atomic E-state index is 0.0845. The number of ether oxygens (including phenoxy) is 2. The molecule has 0 N–H and O–H groups in total. The Hall–Kier alpha value is -3.10. The molecule has 2 aromatic rings. The summed E-state index contributed by atoms with van der Waals surface area (Å²) in [5, 5.41) is 8.35. The normalized spacial score (nSPS) is 17.0. The van der Waals surface area contributed by atoms with Gasteiger partial charge in [0.2, 0.25) is 5.91 Å². The molecule has 0 spiro atoms. The number of hydrogen-bond donors (Lipinski definition) is 0. The SMILES string of the molecule is COc1ccc(C(=O)N2CC(n3cc(CN4CCCC4=O)nn3)C2)c(OC)c1. The number of carbonyl (C=O) groups excluding carboxylic acids is 2. The maximum Gasteiger partial charge on any atom is 0.257 e. The van der Waals surface area contributed by atoms with E-state index < -0.39 is 0 Å². The summed E-state index contributed by atoms with van der Waals surface area (Å²) in [6, 6.07) is 5.25. The molecule has 0 radical (unpaired) electrons. The molecule has 0 bridgehead atoms. The van der Waals surface area contributed by atoms with E-state index >= 15 is 0 Å². The van der Waals surface area contributed by atoms with E-state index in [-0.39, 0.29) is 17.9 Å². The van der Waals surface area contributed by atoms with Gasteiger partial charge in [-0.1, -0.05) is 5.21 Å². The third-order valence-electron chi connectivity index (χ3n) is 5.24. The molecule has 1 aromatic carbocycles. The summed E-state index contributed by atoms with van der Waals surface area (Å²) in [7, 11) is 3.11. The molecule has 2 fully saturated rings. The van der Waals surface area contributed by atoms with E-state index in [4.69, 9.17) is 9.47 Å². The van der Waals surface area contributed by atoms with Crippen LogP contribution in [0.5, 0.6) is 11.5 Å². The number of likely N-dealkylation sites (tertiary alicyclic amines) is 2. The molecule has 148 valence electrons. The van der Waals surface area contributed by atoms with Crippen molar-refractivity contribution >= 4 is 11.8 Å². The summed E-state index contributed by atoms with van der Waals surface area (Å²) in [5.74, 6) is 1.22. The fraction of sp³-hybridized carbons (Fsp3) is 0.474. The Morgan fingerprint density at radius 1 is 1.25 bits per heavy atom. The molecule has 2 aliphatic rings. The molecule has 2 aliphatic heterocycles. The van der Waals surface area contributed by atoms with Crippen LogP contribution in [-0.4, -0.2) is 70.5 Å². The van der Waals surface area contributed by atoms with Crippen molar-refractivity contribution in [1.82, 2.24) is 24.8 Å². The number of methoxy groups -OCH3 is 2. The Balaban J connectivity index is 1.37. The second-order valence-electron chi connectivity index (χ2n) is 7.04. The summed E-state index contributed by atoms with van der Waals surface area (Å²) < 4.78 is 12.3. The number of rotatable bonds is 6. The van der Waals surface area contributed by atoms with Crippen LogP contribution >= 0.6 is 0 Å². The molecule has 0 aliphatic carbocycles.